The molecule has 0 N–H and O–H groups in total. The van der Waals surface area contributed by atoms with Crippen LogP contribution < -0.4 is 0 Å². The van der Waals surface area contributed by atoms with Crippen LogP contribution in [0, 0.1) is 0 Å². The summed E-state index contributed by atoms with van der Waals surface area (Å²) in [7, 11) is 0. The molecule has 3 rings (SSSR count). The second-order valence-corrected chi connectivity index (χ2v) is 5.80. The molecule has 0 aromatic heterocycles. The first kappa shape index (κ1) is 14.5. The summed E-state index contributed by atoms with van der Waals surface area (Å²) in [5.74, 6) is -0.315. The first-order valence-electron chi connectivity index (χ1n) is 7.88. The van der Waals surface area contributed by atoms with Gasteiger partial charge < -0.3 is 14.4 Å². The number of hydrogen-bond donors (Lipinski definition) is 0. The van der Waals surface area contributed by atoms with Crippen LogP contribution in [0.4, 0.5) is 0 Å². The van der Waals surface area contributed by atoms with E-state index in [1.54, 1.807) is 0 Å². The van der Waals surface area contributed by atoms with E-state index in [1.165, 1.54) is 5.56 Å². The Morgan fingerprint density at radius 2 is 1.76 bits per heavy atom. The van der Waals surface area contributed by atoms with E-state index < -0.39 is 5.79 Å². The molecule has 0 saturated carbocycles. The van der Waals surface area contributed by atoms with E-state index >= 15 is 0 Å². The molecule has 0 bridgehead atoms. The standard InChI is InChI=1S/C17H23NO3/c1-2-14-4-6-15(7-5-14)16(19)18-10-8-17(9-11-18)20-12-3-13-21-17/h4-7H,2-3,8-13H2,1H3. The number of benzene rings is 1. The molecule has 4 heteroatoms. The molecule has 1 spiro atoms. The van der Waals surface area contributed by atoms with Crippen molar-refractivity contribution in [3.8, 4) is 0 Å². The second-order valence-electron chi connectivity index (χ2n) is 5.80. The molecule has 2 saturated heterocycles. The Hall–Kier alpha value is -1.39. The van der Waals surface area contributed by atoms with Gasteiger partial charge >= 0.3 is 0 Å². The van der Waals surface area contributed by atoms with Crippen molar-refractivity contribution in [2.24, 2.45) is 0 Å². The summed E-state index contributed by atoms with van der Waals surface area (Å²) >= 11 is 0. The minimum Gasteiger partial charge on any atom is -0.350 e. The van der Waals surface area contributed by atoms with Crippen LogP contribution in [0.3, 0.4) is 0 Å². The Bertz CT molecular complexity index is 481. The van der Waals surface area contributed by atoms with Gasteiger partial charge in [-0.25, -0.2) is 0 Å². The van der Waals surface area contributed by atoms with Crippen LogP contribution >= 0.6 is 0 Å². The van der Waals surface area contributed by atoms with Gasteiger partial charge in [-0.3, -0.25) is 4.79 Å². The molecular weight excluding hydrogens is 266 g/mol. The van der Waals surface area contributed by atoms with Crippen LogP contribution in [0.1, 0.15) is 42.1 Å². The Morgan fingerprint density at radius 1 is 1.14 bits per heavy atom. The molecule has 1 amide bonds. The number of carbonyl (C=O) groups is 1. The van der Waals surface area contributed by atoms with Crippen molar-refractivity contribution in [2.75, 3.05) is 26.3 Å². The summed E-state index contributed by atoms with van der Waals surface area (Å²) in [6.45, 7) is 5.06. The average Bonchev–Trinajstić information content (AvgIpc) is 2.56. The van der Waals surface area contributed by atoms with E-state index in [-0.39, 0.29) is 5.91 Å². The van der Waals surface area contributed by atoms with Crippen LogP contribution in [0.25, 0.3) is 0 Å². The van der Waals surface area contributed by atoms with E-state index in [4.69, 9.17) is 9.47 Å². The molecule has 0 unspecified atom stereocenters. The van der Waals surface area contributed by atoms with Crippen LogP contribution in [0.15, 0.2) is 24.3 Å². The molecule has 21 heavy (non-hydrogen) atoms. The monoisotopic (exact) mass is 289 g/mol. The summed E-state index contributed by atoms with van der Waals surface area (Å²) in [5, 5.41) is 0. The summed E-state index contributed by atoms with van der Waals surface area (Å²) in [6.07, 6.45) is 3.50. The van der Waals surface area contributed by atoms with Crippen molar-refractivity contribution in [3.05, 3.63) is 35.4 Å². The SMILES string of the molecule is CCc1ccc(C(=O)N2CCC3(CC2)OCCCO3)cc1. The first-order chi connectivity index (χ1) is 10.2. The lowest BCUT2D eigenvalue weighted by atomic mass is 10.0. The average molecular weight is 289 g/mol. The predicted molar refractivity (Wildman–Crippen MR) is 80.2 cm³/mol. The fourth-order valence-electron chi connectivity index (χ4n) is 3.02. The van der Waals surface area contributed by atoms with Crippen molar-refractivity contribution in [3.63, 3.8) is 0 Å². The van der Waals surface area contributed by atoms with Crippen LogP contribution in [-0.2, 0) is 15.9 Å². The molecule has 0 aliphatic carbocycles. The number of carbonyl (C=O) groups excluding carboxylic acids is 1. The van der Waals surface area contributed by atoms with Crippen molar-refractivity contribution < 1.29 is 14.3 Å². The molecule has 114 valence electrons. The van der Waals surface area contributed by atoms with Gasteiger partial charge in [0.2, 0.25) is 0 Å². The predicted octanol–water partition coefficient (Wildman–Crippen LogP) is 2.62. The molecule has 4 nitrogen and oxygen atoms in total. The number of rotatable bonds is 2. The summed E-state index contributed by atoms with van der Waals surface area (Å²) < 4.78 is 11.6. The summed E-state index contributed by atoms with van der Waals surface area (Å²) in [5.41, 5.74) is 2.03. The Morgan fingerprint density at radius 3 is 2.33 bits per heavy atom. The lowest BCUT2D eigenvalue weighted by molar-refractivity contribution is -0.281. The van der Waals surface area contributed by atoms with Gasteiger partial charge in [-0.1, -0.05) is 19.1 Å². The highest BCUT2D eigenvalue weighted by Gasteiger charge is 2.39. The minimum absolute atomic E-state index is 0.114. The maximum atomic E-state index is 12.5. The fraction of sp³-hybridized carbons (Fsp3) is 0.588. The molecule has 2 heterocycles. The van der Waals surface area contributed by atoms with Gasteiger partial charge in [0.1, 0.15) is 0 Å². The van der Waals surface area contributed by atoms with Crippen molar-refractivity contribution in [2.45, 2.75) is 38.4 Å². The van der Waals surface area contributed by atoms with E-state index in [0.29, 0.717) is 13.1 Å². The Labute approximate surface area is 126 Å². The van der Waals surface area contributed by atoms with Crippen LogP contribution in [0.5, 0.6) is 0 Å². The van der Waals surface area contributed by atoms with Gasteiger partial charge in [-0.05, 0) is 30.5 Å². The molecule has 0 radical (unpaired) electrons. The number of amides is 1. The minimum atomic E-state index is -0.429. The van der Waals surface area contributed by atoms with E-state index in [9.17, 15) is 4.79 Å². The normalized spacial score (nSPS) is 21.5. The van der Waals surface area contributed by atoms with Crippen molar-refractivity contribution in [1.82, 2.24) is 4.90 Å². The van der Waals surface area contributed by atoms with Gasteiger partial charge in [0.15, 0.2) is 5.79 Å². The lowest BCUT2D eigenvalue weighted by Crippen LogP contribution is -2.51. The Kier molecular flexibility index (Phi) is 4.27. The topological polar surface area (TPSA) is 38.8 Å². The quantitative estimate of drug-likeness (QED) is 0.840. The van der Waals surface area contributed by atoms with Gasteiger partial charge in [-0.2, -0.15) is 0 Å². The third-order valence-electron chi connectivity index (χ3n) is 4.44. The third kappa shape index (κ3) is 3.11. The highest BCUT2D eigenvalue weighted by Crippen LogP contribution is 2.31. The van der Waals surface area contributed by atoms with E-state index in [2.05, 4.69) is 6.92 Å². The van der Waals surface area contributed by atoms with Crippen LogP contribution in [0.2, 0.25) is 0 Å². The fourth-order valence-corrected chi connectivity index (χ4v) is 3.02. The summed E-state index contributed by atoms with van der Waals surface area (Å²) in [6, 6.07) is 7.93. The highest BCUT2D eigenvalue weighted by atomic mass is 16.7. The maximum Gasteiger partial charge on any atom is 0.253 e. The van der Waals surface area contributed by atoms with Gasteiger partial charge in [0.25, 0.3) is 5.91 Å². The molecule has 2 aliphatic rings. The van der Waals surface area contributed by atoms with Gasteiger partial charge in [0.05, 0.1) is 13.2 Å². The number of aryl methyl sites for hydroxylation is 1. The molecule has 0 atom stereocenters. The largest absolute Gasteiger partial charge is 0.350 e. The lowest BCUT2D eigenvalue weighted by Gasteiger charge is -2.43. The zero-order chi connectivity index (χ0) is 14.7. The Balaban J connectivity index is 1.61. The zero-order valence-corrected chi connectivity index (χ0v) is 12.6. The van der Waals surface area contributed by atoms with E-state index in [0.717, 1.165) is 44.5 Å². The number of nitrogens with zero attached hydrogens (tertiary/aromatic N) is 1. The summed E-state index contributed by atoms with van der Waals surface area (Å²) in [4.78, 5) is 14.4. The van der Waals surface area contributed by atoms with Gasteiger partial charge in [0, 0.05) is 31.5 Å². The zero-order valence-electron chi connectivity index (χ0n) is 12.6. The van der Waals surface area contributed by atoms with E-state index in [1.807, 2.05) is 29.2 Å². The molecule has 2 fully saturated rings. The molecule has 2 aliphatic heterocycles. The van der Waals surface area contributed by atoms with Crippen LogP contribution in [-0.4, -0.2) is 42.9 Å². The van der Waals surface area contributed by atoms with Crippen molar-refractivity contribution >= 4 is 5.91 Å². The molecule has 1 aromatic rings. The maximum absolute atomic E-state index is 12.5. The molecule has 1 aromatic carbocycles. The smallest absolute Gasteiger partial charge is 0.253 e. The van der Waals surface area contributed by atoms with Gasteiger partial charge in [-0.15, -0.1) is 0 Å². The van der Waals surface area contributed by atoms with Crippen molar-refractivity contribution in [1.29, 1.82) is 0 Å². The number of piperidine rings is 1. The second kappa shape index (κ2) is 6.16. The first-order valence-corrected chi connectivity index (χ1v) is 7.88. The number of hydrogen-bond acceptors (Lipinski definition) is 3. The molecular formula is C17H23NO3. The number of likely N-dealkylation sites (tertiary alicyclic amines) is 1. The third-order valence-corrected chi connectivity index (χ3v) is 4.44. The highest BCUT2D eigenvalue weighted by molar-refractivity contribution is 5.94. The number of ether oxygens (including phenoxy) is 2.